The van der Waals surface area contributed by atoms with Gasteiger partial charge in [0.1, 0.15) is 12.6 Å². The normalized spacial score (nSPS) is 15.9. The Morgan fingerprint density at radius 3 is 2.39 bits per heavy atom. The number of methoxy groups -OCH3 is 1. The second-order valence-electron chi connectivity index (χ2n) is 8.41. The van der Waals surface area contributed by atoms with E-state index in [4.69, 9.17) is 9.47 Å². The molecule has 1 aromatic rings. The van der Waals surface area contributed by atoms with Gasteiger partial charge in [-0.1, -0.05) is 43.2 Å². The summed E-state index contributed by atoms with van der Waals surface area (Å²) in [5, 5.41) is 8.22. The van der Waals surface area contributed by atoms with Crippen molar-refractivity contribution in [2.24, 2.45) is 0 Å². The fraction of sp³-hybridized carbons (Fsp3) is 0.625. The molecule has 1 aromatic carbocycles. The number of nitrogens with zero attached hydrogens (tertiary/aromatic N) is 1. The lowest BCUT2D eigenvalue weighted by molar-refractivity contribution is -0.134. The second-order valence-corrected chi connectivity index (χ2v) is 8.41. The molecule has 1 heterocycles. The van der Waals surface area contributed by atoms with E-state index < -0.39 is 12.1 Å². The Morgan fingerprint density at radius 1 is 1.09 bits per heavy atom. The largest absolute Gasteiger partial charge is 0.445 e. The number of piperidine rings is 1. The molecule has 184 valence electrons. The molecule has 0 aliphatic carbocycles. The molecule has 0 saturated carbocycles. The predicted molar refractivity (Wildman–Crippen MR) is 126 cm³/mol. The summed E-state index contributed by atoms with van der Waals surface area (Å²) in [6.45, 7) is 3.23. The lowest BCUT2D eigenvalue weighted by atomic mass is 10.0. The highest BCUT2D eigenvalue weighted by atomic mass is 16.5. The maximum Gasteiger partial charge on any atom is 0.408 e. The standard InChI is InChI=1S/C24H38N4O5/c1-18(32-3)9-7-8-12-21(27-24(31)33-17-19-10-5-4-6-11-19)22(29)28-15-13-20(14-16-28)26-23(30)25-2/h4-6,10-11,18,20-21H,7-9,12-17H2,1-3H3,(H,27,31)(H2,25,26,30)/t18?,21-/m1/s1. The third-order valence-corrected chi connectivity index (χ3v) is 5.93. The summed E-state index contributed by atoms with van der Waals surface area (Å²) in [5.74, 6) is -0.107. The Bertz CT molecular complexity index is 738. The number of hydrogen-bond donors (Lipinski definition) is 3. The maximum absolute atomic E-state index is 13.2. The smallest absolute Gasteiger partial charge is 0.408 e. The van der Waals surface area contributed by atoms with E-state index in [9.17, 15) is 14.4 Å². The molecule has 3 N–H and O–H groups in total. The van der Waals surface area contributed by atoms with Gasteiger partial charge in [0.2, 0.25) is 5.91 Å². The van der Waals surface area contributed by atoms with Gasteiger partial charge in [0.25, 0.3) is 0 Å². The van der Waals surface area contributed by atoms with Crippen LogP contribution in [0.2, 0.25) is 0 Å². The SMILES string of the molecule is CNC(=O)NC1CCN(C(=O)[C@@H](CCCCC(C)OC)NC(=O)OCc2ccccc2)CC1. The van der Waals surface area contributed by atoms with Crippen molar-refractivity contribution in [3.05, 3.63) is 35.9 Å². The number of likely N-dealkylation sites (tertiary alicyclic amines) is 1. The van der Waals surface area contributed by atoms with E-state index in [1.165, 1.54) is 0 Å². The molecule has 9 nitrogen and oxygen atoms in total. The summed E-state index contributed by atoms with van der Waals surface area (Å²) >= 11 is 0. The topological polar surface area (TPSA) is 109 Å². The van der Waals surface area contributed by atoms with E-state index in [-0.39, 0.29) is 30.7 Å². The van der Waals surface area contributed by atoms with Crippen LogP contribution in [0.1, 0.15) is 51.0 Å². The van der Waals surface area contributed by atoms with E-state index in [0.717, 1.165) is 24.8 Å². The number of nitrogens with one attached hydrogen (secondary N) is 3. The first-order valence-electron chi connectivity index (χ1n) is 11.7. The summed E-state index contributed by atoms with van der Waals surface area (Å²) in [5.41, 5.74) is 0.884. The van der Waals surface area contributed by atoms with Crippen LogP contribution in [-0.4, -0.2) is 68.4 Å². The van der Waals surface area contributed by atoms with Crippen LogP contribution in [0.3, 0.4) is 0 Å². The van der Waals surface area contributed by atoms with Crippen LogP contribution in [-0.2, 0) is 20.9 Å². The first-order valence-corrected chi connectivity index (χ1v) is 11.7. The van der Waals surface area contributed by atoms with Crippen molar-refractivity contribution in [2.45, 2.75) is 70.2 Å². The van der Waals surface area contributed by atoms with Gasteiger partial charge in [0, 0.05) is 33.3 Å². The third kappa shape index (κ3) is 9.69. The number of ether oxygens (including phenoxy) is 2. The van der Waals surface area contributed by atoms with Gasteiger partial charge >= 0.3 is 12.1 Å². The van der Waals surface area contributed by atoms with Crippen LogP contribution in [0, 0.1) is 0 Å². The second kappa shape index (κ2) is 14.4. The Balaban J connectivity index is 1.89. The number of amides is 4. The third-order valence-electron chi connectivity index (χ3n) is 5.93. The molecule has 0 aromatic heterocycles. The van der Waals surface area contributed by atoms with Gasteiger partial charge in [-0.15, -0.1) is 0 Å². The minimum absolute atomic E-state index is 0.0341. The first-order chi connectivity index (χ1) is 15.9. The number of unbranched alkanes of at least 4 members (excludes halogenated alkanes) is 1. The molecule has 0 spiro atoms. The monoisotopic (exact) mass is 462 g/mol. The van der Waals surface area contributed by atoms with Crippen LogP contribution in [0.4, 0.5) is 9.59 Å². The lowest BCUT2D eigenvalue weighted by Gasteiger charge is -2.34. The molecule has 33 heavy (non-hydrogen) atoms. The van der Waals surface area contributed by atoms with Gasteiger partial charge in [-0.3, -0.25) is 4.79 Å². The van der Waals surface area contributed by atoms with Gasteiger partial charge in [-0.25, -0.2) is 9.59 Å². The van der Waals surface area contributed by atoms with Crippen LogP contribution < -0.4 is 16.0 Å². The average molecular weight is 463 g/mol. The molecule has 9 heteroatoms. The number of hydrogen-bond acceptors (Lipinski definition) is 5. The average Bonchev–Trinajstić information content (AvgIpc) is 2.85. The highest BCUT2D eigenvalue weighted by Crippen LogP contribution is 2.15. The quantitative estimate of drug-likeness (QED) is 0.438. The summed E-state index contributed by atoms with van der Waals surface area (Å²) in [7, 11) is 3.26. The Kier molecular flexibility index (Phi) is 11.5. The van der Waals surface area contributed by atoms with Crippen molar-refractivity contribution in [1.29, 1.82) is 0 Å². The number of carbonyl (C=O) groups excluding carboxylic acids is 3. The lowest BCUT2D eigenvalue weighted by Crippen LogP contribution is -2.53. The summed E-state index contributed by atoms with van der Waals surface area (Å²) in [6, 6.07) is 8.59. The molecule has 1 aliphatic heterocycles. The molecule has 1 aliphatic rings. The number of rotatable bonds is 11. The van der Waals surface area contributed by atoms with E-state index >= 15 is 0 Å². The number of benzene rings is 1. The highest BCUT2D eigenvalue weighted by Gasteiger charge is 2.30. The van der Waals surface area contributed by atoms with Crippen molar-refractivity contribution in [3.8, 4) is 0 Å². The molecule has 1 unspecified atom stereocenters. The molecular weight excluding hydrogens is 424 g/mol. The zero-order chi connectivity index (χ0) is 24.1. The van der Waals surface area contributed by atoms with Crippen molar-refractivity contribution in [1.82, 2.24) is 20.9 Å². The van der Waals surface area contributed by atoms with E-state index in [1.54, 1.807) is 19.1 Å². The highest BCUT2D eigenvalue weighted by molar-refractivity contribution is 5.85. The molecule has 2 rings (SSSR count). The summed E-state index contributed by atoms with van der Waals surface area (Å²) in [4.78, 5) is 38.9. The van der Waals surface area contributed by atoms with Crippen LogP contribution in [0.5, 0.6) is 0 Å². The maximum atomic E-state index is 13.2. The van der Waals surface area contributed by atoms with Gasteiger partial charge in [0.15, 0.2) is 0 Å². The zero-order valence-corrected chi connectivity index (χ0v) is 20.0. The number of alkyl carbamates (subject to hydrolysis) is 1. The molecular formula is C24H38N4O5. The van der Waals surface area contributed by atoms with Crippen LogP contribution in [0.15, 0.2) is 30.3 Å². The fourth-order valence-corrected chi connectivity index (χ4v) is 3.78. The van der Waals surface area contributed by atoms with E-state index in [0.29, 0.717) is 32.4 Å². The molecule has 1 saturated heterocycles. The van der Waals surface area contributed by atoms with Crippen LogP contribution >= 0.6 is 0 Å². The molecule has 4 amide bonds. The first kappa shape index (κ1) is 26.4. The minimum atomic E-state index is -0.644. The van der Waals surface area contributed by atoms with Gasteiger partial charge < -0.3 is 30.3 Å². The van der Waals surface area contributed by atoms with E-state index in [2.05, 4.69) is 16.0 Å². The number of urea groups is 1. The number of carbonyl (C=O) groups is 3. The van der Waals surface area contributed by atoms with Crippen LogP contribution in [0.25, 0.3) is 0 Å². The van der Waals surface area contributed by atoms with Crippen molar-refractivity contribution >= 4 is 18.0 Å². The molecule has 1 fully saturated rings. The van der Waals surface area contributed by atoms with Crippen molar-refractivity contribution < 1.29 is 23.9 Å². The van der Waals surface area contributed by atoms with Gasteiger partial charge in [0.05, 0.1) is 6.10 Å². The predicted octanol–water partition coefficient (Wildman–Crippen LogP) is 2.80. The molecule has 2 atom stereocenters. The molecule has 0 bridgehead atoms. The van der Waals surface area contributed by atoms with Crippen molar-refractivity contribution in [3.63, 3.8) is 0 Å². The Hall–Kier alpha value is -2.81. The summed E-state index contributed by atoms with van der Waals surface area (Å²) in [6.07, 6.45) is 4.03. The molecule has 0 radical (unpaired) electrons. The van der Waals surface area contributed by atoms with Crippen molar-refractivity contribution in [2.75, 3.05) is 27.2 Å². The summed E-state index contributed by atoms with van der Waals surface area (Å²) < 4.78 is 10.6. The Labute approximate surface area is 196 Å². The fourth-order valence-electron chi connectivity index (χ4n) is 3.78. The van der Waals surface area contributed by atoms with Gasteiger partial charge in [-0.05, 0) is 38.2 Å². The van der Waals surface area contributed by atoms with E-state index in [1.807, 2.05) is 37.3 Å². The Morgan fingerprint density at radius 2 is 1.76 bits per heavy atom. The zero-order valence-electron chi connectivity index (χ0n) is 20.0. The van der Waals surface area contributed by atoms with Gasteiger partial charge in [-0.2, -0.15) is 0 Å². The minimum Gasteiger partial charge on any atom is -0.445 e.